The highest BCUT2D eigenvalue weighted by Gasteiger charge is 2.56. The molecule has 3 aliphatic carbocycles. The van der Waals surface area contributed by atoms with Crippen LogP contribution in [0.2, 0.25) is 0 Å². The van der Waals surface area contributed by atoms with Crippen molar-refractivity contribution in [3.63, 3.8) is 0 Å². The largest absolute Gasteiger partial charge is 0.726 e. The highest BCUT2D eigenvalue weighted by atomic mass is 32.3. The summed E-state index contributed by atoms with van der Waals surface area (Å²) in [5.41, 5.74) is 1.73. The molecule has 0 aliphatic heterocycles. The van der Waals surface area contributed by atoms with E-state index in [1.165, 1.54) is 12.1 Å². The van der Waals surface area contributed by atoms with Crippen molar-refractivity contribution in [3.05, 3.63) is 29.3 Å². The van der Waals surface area contributed by atoms with Crippen molar-refractivity contribution >= 4 is 31.2 Å². The van der Waals surface area contributed by atoms with Crippen molar-refractivity contribution in [2.45, 2.75) is 50.7 Å². The van der Waals surface area contributed by atoms with Crippen LogP contribution in [-0.4, -0.2) is 51.1 Å². The van der Waals surface area contributed by atoms with Gasteiger partial charge in [0, 0.05) is 0 Å². The Morgan fingerprint density at radius 3 is 2.15 bits per heavy atom. The Morgan fingerprint density at radius 1 is 0.879 bits per heavy atom. The minimum Gasteiger partial charge on any atom is -0.726 e. The van der Waals surface area contributed by atoms with Gasteiger partial charge in [-0.3, -0.25) is 8.37 Å². The first-order valence-electron chi connectivity index (χ1n) is 10.2. The molecule has 0 amide bonds. The van der Waals surface area contributed by atoms with Gasteiger partial charge in [0.05, 0.1) is 0 Å². The van der Waals surface area contributed by atoms with Crippen LogP contribution in [0.15, 0.2) is 18.2 Å². The molecule has 0 spiro atoms. The second-order valence-corrected chi connectivity index (χ2v) is 11.9. The summed E-state index contributed by atoms with van der Waals surface area (Å²) in [4.78, 5) is 0. The van der Waals surface area contributed by atoms with E-state index < -0.39 is 49.3 Å². The molecule has 7 unspecified atom stereocenters. The second kappa shape index (κ2) is 8.41. The van der Waals surface area contributed by atoms with Crippen LogP contribution in [0.1, 0.15) is 43.2 Å². The fourth-order valence-corrected chi connectivity index (χ4v) is 7.58. The van der Waals surface area contributed by atoms with Gasteiger partial charge >= 0.3 is 0 Å². The van der Waals surface area contributed by atoms with E-state index in [0.717, 1.165) is 11.1 Å². The van der Waals surface area contributed by atoms with Gasteiger partial charge in [0.2, 0.25) is 20.8 Å². The molecule has 0 heterocycles. The van der Waals surface area contributed by atoms with E-state index in [1.807, 2.05) is 6.92 Å². The van der Waals surface area contributed by atoms with E-state index in [0.29, 0.717) is 19.3 Å². The van der Waals surface area contributed by atoms with Crippen LogP contribution in [-0.2, 0) is 46.0 Å². The summed E-state index contributed by atoms with van der Waals surface area (Å²) >= 11 is 0. The maximum absolute atomic E-state index is 11.3. The molecule has 0 saturated heterocycles. The maximum atomic E-state index is 11.3. The van der Waals surface area contributed by atoms with E-state index in [1.54, 1.807) is 6.07 Å². The first kappa shape index (κ1) is 24.8. The van der Waals surface area contributed by atoms with Crippen LogP contribution in [0.3, 0.4) is 0 Å². The van der Waals surface area contributed by atoms with Gasteiger partial charge in [0.15, 0.2) is 0 Å². The molecule has 1 aromatic rings. The monoisotopic (exact) mass is 525 g/mol. The van der Waals surface area contributed by atoms with Crippen LogP contribution < -0.4 is 4.18 Å². The molecule has 1 aromatic carbocycles. The van der Waals surface area contributed by atoms with E-state index in [4.69, 9.17) is 4.18 Å². The number of hydrogen-bond donors (Lipinski definition) is 0. The van der Waals surface area contributed by atoms with Crippen molar-refractivity contribution in [1.82, 2.24) is 0 Å². The third-order valence-electron chi connectivity index (χ3n) is 7.02. The summed E-state index contributed by atoms with van der Waals surface area (Å²) in [6.45, 7) is 1.82. The summed E-state index contributed by atoms with van der Waals surface area (Å²) in [5, 5.41) is 0. The van der Waals surface area contributed by atoms with Crippen molar-refractivity contribution < 1.29 is 51.5 Å². The molecule has 4 rings (SSSR count). The third-order valence-corrected chi connectivity index (χ3v) is 8.36. The minimum atomic E-state index is -5.18. The average Bonchev–Trinajstić information content (AvgIpc) is 2.95. The Bertz CT molecular complexity index is 1240. The summed E-state index contributed by atoms with van der Waals surface area (Å²) < 4.78 is 114. The number of rotatable bonds is 6. The zero-order valence-corrected chi connectivity index (χ0v) is 19.7. The predicted octanol–water partition coefficient (Wildman–Crippen LogP) is 0.538. The van der Waals surface area contributed by atoms with Gasteiger partial charge in [-0.05, 0) is 78.5 Å². The molecule has 3 aliphatic rings. The molecular weight excluding hydrogens is 504 g/mol. The van der Waals surface area contributed by atoms with Crippen LogP contribution in [0.4, 0.5) is 0 Å². The van der Waals surface area contributed by atoms with Gasteiger partial charge < -0.3 is 17.8 Å². The molecule has 2 fully saturated rings. The molecule has 0 radical (unpaired) electrons. The molecule has 15 heteroatoms. The zero-order chi connectivity index (χ0) is 24.3. The lowest BCUT2D eigenvalue weighted by Crippen LogP contribution is -2.43. The van der Waals surface area contributed by atoms with Crippen LogP contribution in [0.25, 0.3) is 0 Å². The van der Waals surface area contributed by atoms with Gasteiger partial charge in [-0.15, -0.1) is 0 Å². The van der Waals surface area contributed by atoms with Crippen molar-refractivity contribution in [3.8, 4) is 5.75 Å². The molecule has 186 valence electrons. The molecule has 12 nitrogen and oxygen atoms in total. The number of fused-ring (bicyclic) bond motifs is 5. The van der Waals surface area contributed by atoms with Crippen LogP contribution in [0, 0.1) is 23.7 Å². The Labute approximate surface area is 192 Å². The van der Waals surface area contributed by atoms with Crippen molar-refractivity contribution in [2.24, 2.45) is 23.7 Å². The standard InChI is InChI=1S/C18H24O12S3/c1-9-6-14-12-5-3-11(28-31(19,20)21)7-10(12)2-4-13(14)15-8-16(29-32(22,23)24)18(17(9)15)30-33(25,26)27/h3,5,7,9,13-18H,2,4,6,8H2,1H3,(H,19,20,21)(H,22,23,24)(H,25,26,27)/p-3. The average molecular weight is 526 g/mol. The maximum Gasteiger partial charge on any atom is 0.262 e. The number of benzene rings is 1. The SMILES string of the molecule is CC1CC2c3ccc(OS(=O)(=O)[O-])cc3CCC2C2CC(OS(=O)(=O)[O-])C(OS(=O)(=O)[O-])C12. The first-order valence-corrected chi connectivity index (χ1v) is 14.2. The minimum absolute atomic E-state index is 0.0305. The quantitative estimate of drug-likeness (QED) is 0.369. The molecule has 0 N–H and O–H groups in total. The highest BCUT2D eigenvalue weighted by Crippen LogP contribution is 2.58. The summed E-state index contributed by atoms with van der Waals surface area (Å²) in [5.74, 6) is -1.17. The Balaban J connectivity index is 1.65. The second-order valence-electron chi connectivity index (χ2n) is 8.86. The smallest absolute Gasteiger partial charge is 0.262 e. The fraction of sp³-hybridized carbons (Fsp3) is 0.667. The number of hydrogen-bond acceptors (Lipinski definition) is 12. The van der Waals surface area contributed by atoms with Gasteiger partial charge in [0.25, 0.3) is 10.4 Å². The highest BCUT2D eigenvalue weighted by molar-refractivity contribution is 7.81. The molecule has 0 bridgehead atoms. The normalized spacial score (nSPS) is 34.2. The Hall–Kier alpha value is -1.33. The van der Waals surface area contributed by atoms with E-state index in [9.17, 15) is 38.9 Å². The lowest BCUT2D eigenvalue weighted by Gasteiger charge is -2.47. The molecule has 2 saturated carbocycles. The van der Waals surface area contributed by atoms with Gasteiger partial charge in [-0.1, -0.05) is 13.0 Å². The van der Waals surface area contributed by atoms with E-state index in [-0.39, 0.29) is 35.8 Å². The summed E-state index contributed by atoms with van der Waals surface area (Å²) in [6, 6.07) is 4.56. The molecule has 33 heavy (non-hydrogen) atoms. The summed E-state index contributed by atoms with van der Waals surface area (Å²) in [7, 11) is -15.3. The Kier molecular flexibility index (Phi) is 6.31. The van der Waals surface area contributed by atoms with E-state index >= 15 is 0 Å². The molecular formula is C18H21O12S3-3. The first-order chi connectivity index (χ1) is 15.1. The van der Waals surface area contributed by atoms with Crippen LogP contribution >= 0.6 is 0 Å². The van der Waals surface area contributed by atoms with Crippen LogP contribution in [0.5, 0.6) is 5.75 Å². The topological polar surface area (TPSA) is 199 Å². The predicted molar refractivity (Wildman–Crippen MR) is 106 cm³/mol. The van der Waals surface area contributed by atoms with E-state index in [2.05, 4.69) is 8.37 Å². The van der Waals surface area contributed by atoms with Gasteiger partial charge in [-0.2, -0.15) is 0 Å². The summed E-state index contributed by atoms with van der Waals surface area (Å²) in [6.07, 6.45) is -1.12. The lowest BCUT2D eigenvalue weighted by molar-refractivity contribution is 0.00279. The lowest BCUT2D eigenvalue weighted by atomic mass is 9.57. The molecule has 0 aromatic heterocycles. The zero-order valence-electron chi connectivity index (χ0n) is 17.2. The van der Waals surface area contributed by atoms with Crippen molar-refractivity contribution in [2.75, 3.05) is 0 Å². The number of aryl methyl sites for hydroxylation is 1. The molecule has 7 atom stereocenters. The fourth-order valence-electron chi connectivity index (χ4n) is 6.22. The van der Waals surface area contributed by atoms with Gasteiger partial charge in [0.1, 0.15) is 18.0 Å². The Morgan fingerprint density at radius 2 is 1.55 bits per heavy atom. The van der Waals surface area contributed by atoms with Crippen molar-refractivity contribution in [1.29, 1.82) is 0 Å². The third kappa shape index (κ3) is 5.51. The van der Waals surface area contributed by atoms with Gasteiger partial charge in [-0.25, -0.2) is 25.3 Å².